The predicted octanol–water partition coefficient (Wildman–Crippen LogP) is 3.66. The molecule has 3 aromatic rings. The van der Waals surface area contributed by atoms with E-state index >= 15 is 0 Å². The molecule has 0 bridgehead atoms. The lowest BCUT2D eigenvalue weighted by Crippen LogP contribution is -2.37. The van der Waals surface area contributed by atoms with Gasteiger partial charge in [0.15, 0.2) is 6.10 Å². The number of amides is 3. The molecule has 0 radical (unpaired) electrons. The number of anilines is 1. The molecule has 39 heavy (non-hydrogen) atoms. The highest BCUT2D eigenvalue weighted by atomic mass is 16.6. The molecule has 3 amide bonds. The SMILES string of the molecule is CNC(=O)/C=C/CCC(OC(=O)N(C)C)C(=O)Nc1cccn(Cc2cc3cccc(CC(C)C)c3[nH]2)c1=O. The average molecular weight is 536 g/mol. The van der Waals surface area contributed by atoms with Crippen molar-refractivity contribution >= 4 is 34.5 Å². The number of ether oxygens (including phenoxy) is 1. The standard InChI is InChI=1S/C29H37N5O5/c1-19(2)16-20-10-8-11-21-17-22(31-26(20)21)18-34-15-9-12-23(28(34)37)32-27(36)24(39-29(38)33(4)5)13-6-7-14-25(35)30-3/h7-12,14-15,17,19,24,31H,6,13,16,18H2,1-5H3,(H,30,35)(H,32,36)/b14-7+. The second-order valence-electron chi connectivity index (χ2n) is 9.98. The van der Waals surface area contributed by atoms with Crippen LogP contribution >= 0.6 is 0 Å². The van der Waals surface area contributed by atoms with Crippen molar-refractivity contribution in [2.24, 2.45) is 5.92 Å². The van der Waals surface area contributed by atoms with Crippen LogP contribution in [0.5, 0.6) is 0 Å². The van der Waals surface area contributed by atoms with Gasteiger partial charge in [-0.1, -0.05) is 38.1 Å². The number of hydrogen-bond donors (Lipinski definition) is 3. The number of benzene rings is 1. The molecule has 10 heteroatoms. The van der Waals surface area contributed by atoms with Crippen LogP contribution in [0.4, 0.5) is 10.5 Å². The summed E-state index contributed by atoms with van der Waals surface area (Å²) in [4.78, 5) is 54.5. The molecular formula is C29H37N5O5. The van der Waals surface area contributed by atoms with E-state index in [9.17, 15) is 19.2 Å². The number of nitrogens with zero attached hydrogens (tertiary/aromatic N) is 2. The third kappa shape index (κ3) is 8.07. The van der Waals surface area contributed by atoms with E-state index in [2.05, 4.69) is 35.5 Å². The number of rotatable bonds is 11. The highest BCUT2D eigenvalue weighted by molar-refractivity contribution is 5.95. The molecule has 3 N–H and O–H groups in total. The first kappa shape index (κ1) is 29.2. The molecular weight excluding hydrogens is 498 g/mol. The number of para-hydroxylation sites is 1. The van der Waals surface area contributed by atoms with Crippen molar-refractivity contribution in [1.82, 2.24) is 19.8 Å². The summed E-state index contributed by atoms with van der Waals surface area (Å²) in [6.45, 7) is 4.65. The summed E-state index contributed by atoms with van der Waals surface area (Å²) in [6, 6.07) is 11.4. The first-order valence-electron chi connectivity index (χ1n) is 12.9. The number of likely N-dealkylation sites (N-methyl/N-ethyl adjacent to an activating group) is 1. The van der Waals surface area contributed by atoms with Gasteiger partial charge in [-0.3, -0.25) is 14.4 Å². The van der Waals surface area contributed by atoms with Gasteiger partial charge in [-0.05, 0) is 60.4 Å². The summed E-state index contributed by atoms with van der Waals surface area (Å²) >= 11 is 0. The minimum atomic E-state index is -1.16. The van der Waals surface area contributed by atoms with E-state index in [1.54, 1.807) is 18.3 Å². The third-order valence-electron chi connectivity index (χ3n) is 6.06. The van der Waals surface area contributed by atoms with Crippen LogP contribution in [0.3, 0.4) is 0 Å². The fraction of sp³-hybridized carbons (Fsp3) is 0.379. The normalized spacial score (nSPS) is 12.1. The molecule has 0 saturated carbocycles. The van der Waals surface area contributed by atoms with E-state index < -0.39 is 18.1 Å². The van der Waals surface area contributed by atoms with Gasteiger partial charge in [0.1, 0.15) is 5.69 Å². The number of aromatic nitrogens is 2. The van der Waals surface area contributed by atoms with Gasteiger partial charge in [0.25, 0.3) is 11.5 Å². The molecule has 1 aromatic carbocycles. The van der Waals surface area contributed by atoms with Crippen LogP contribution in [-0.2, 0) is 27.3 Å². The summed E-state index contributed by atoms with van der Waals surface area (Å²) in [5.41, 5.74) is 2.85. The molecule has 0 spiro atoms. The Morgan fingerprint density at radius 1 is 1.15 bits per heavy atom. The van der Waals surface area contributed by atoms with E-state index in [-0.39, 0.29) is 23.6 Å². The topological polar surface area (TPSA) is 126 Å². The van der Waals surface area contributed by atoms with Crippen molar-refractivity contribution in [1.29, 1.82) is 0 Å². The number of fused-ring (bicyclic) bond motifs is 1. The lowest BCUT2D eigenvalue weighted by atomic mass is 10.0. The van der Waals surface area contributed by atoms with Crippen LogP contribution in [0, 0.1) is 5.92 Å². The summed E-state index contributed by atoms with van der Waals surface area (Å²) < 4.78 is 6.85. The van der Waals surface area contributed by atoms with Crippen LogP contribution in [0.25, 0.3) is 10.9 Å². The molecule has 1 atom stereocenters. The van der Waals surface area contributed by atoms with Gasteiger partial charge in [0, 0.05) is 38.6 Å². The largest absolute Gasteiger partial charge is 0.436 e. The Kier molecular flexibility index (Phi) is 10.1. The number of pyridine rings is 1. The van der Waals surface area contributed by atoms with Gasteiger partial charge in [0.05, 0.1) is 6.54 Å². The van der Waals surface area contributed by atoms with Gasteiger partial charge in [-0.15, -0.1) is 0 Å². The quantitative estimate of drug-likeness (QED) is 0.323. The van der Waals surface area contributed by atoms with Crippen molar-refractivity contribution in [2.75, 3.05) is 26.5 Å². The summed E-state index contributed by atoms with van der Waals surface area (Å²) in [5, 5.41) is 6.16. The molecule has 0 aliphatic rings. The molecule has 10 nitrogen and oxygen atoms in total. The number of carbonyl (C=O) groups is 3. The van der Waals surface area contributed by atoms with Crippen LogP contribution in [0.2, 0.25) is 0 Å². The lowest BCUT2D eigenvalue weighted by molar-refractivity contribution is -0.125. The zero-order valence-electron chi connectivity index (χ0n) is 23.1. The Labute approximate surface area is 228 Å². The van der Waals surface area contributed by atoms with E-state index in [4.69, 9.17) is 4.74 Å². The van der Waals surface area contributed by atoms with Crippen LogP contribution < -0.4 is 16.2 Å². The highest BCUT2D eigenvalue weighted by Crippen LogP contribution is 2.22. The summed E-state index contributed by atoms with van der Waals surface area (Å²) in [6.07, 6.45) is 4.13. The maximum atomic E-state index is 13.2. The minimum Gasteiger partial charge on any atom is -0.436 e. The first-order valence-corrected chi connectivity index (χ1v) is 12.9. The average Bonchev–Trinajstić information content (AvgIpc) is 3.31. The molecule has 0 aliphatic heterocycles. The fourth-order valence-corrected chi connectivity index (χ4v) is 4.12. The van der Waals surface area contributed by atoms with Gasteiger partial charge < -0.3 is 29.8 Å². The van der Waals surface area contributed by atoms with Gasteiger partial charge in [-0.25, -0.2) is 4.79 Å². The number of nitrogens with one attached hydrogen (secondary N) is 3. The molecule has 0 aliphatic carbocycles. The van der Waals surface area contributed by atoms with Crippen molar-refractivity contribution in [3.8, 4) is 0 Å². The van der Waals surface area contributed by atoms with Gasteiger partial charge in [0.2, 0.25) is 5.91 Å². The van der Waals surface area contributed by atoms with Crippen LogP contribution in [-0.4, -0.2) is 59.6 Å². The zero-order chi connectivity index (χ0) is 28.5. The number of hydrogen-bond acceptors (Lipinski definition) is 5. The Morgan fingerprint density at radius 3 is 2.62 bits per heavy atom. The van der Waals surface area contributed by atoms with Crippen LogP contribution in [0.1, 0.15) is 37.9 Å². The summed E-state index contributed by atoms with van der Waals surface area (Å²) in [5.74, 6) is -0.396. The Morgan fingerprint density at radius 2 is 1.92 bits per heavy atom. The van der Waals surface area contributed by atoms with Crippen molar-refractivity contribution in [3.63, 3.8) is 0 Å². The molecule has 3 rings (SSSR count). The fourth-order valence-electron chi connectivity index (χ4n) is 4.12. The maximum Gasteiger partial charge on any atom is 0.410 e. The molecule has 1 unspecified atom stereocenters. The minimum absolute atomic E-state index is 0.0749. The molecule has 0 fully saturated rings. The van der Waals surface area contributed by atoms with Crippen molar-refractivity contribution in [2.45, 2.75) is 45.8 Å². The maximum absolute atomic E-state index is 13.2. The van der Waals surface area contributed by atoms with Crippen molar-refractivity contribution in [3.05, 3.63) is 76.4 Å². The monoisotopic (exact) mass is 535 g/mol. The molecule has 208 valence electrons. The zero-order valence-corrected chi connectivity index (χ0v) is 23.1. The third-order valence-corrected chi connectivity index (χ3v) is 6.06. The van der Waals surface area contributed by atoms with Gasteiger partial charge >= 0.3 is 6.09 Å². The predicted molar refractivity (Wildman–Crippen MR) is 152 cm³/mol. The number of H-pyrrole nitrogens is 1. The molecule has 2 aromatic heterocycles. The second kappa shape index (κ2) is 13.5. The van der Waals surface area contributed by atoms with Gasteiger partial charge in [-0.2, -0.15) is 0 Å². The lowest BCUT2D eigenvalue weighted by Gasteiger charge is -2.19. The first-order chi connectivity index (χ1) is 18.6. The number of allylic oxidation sites excluding steroid dienone is 1. The molecule has 0 saturated heterocycles. The van der Waals surface area contributed by atoms with E-state index in [0.29, 0.717) is 18.9 Å². The Hall–Kier alpha value is -4.34. The Bertz CT molecular complexity index is 1400. The Balaban J connectivity index is 1.77. The second-order valence-corrected chi connectivity index (χ2v) is 9.98. The number of carbonyl (C=O) groups excluding carboxylic acids is 3. The summed E-state index contributed by atoms with van der Waals surface area (Å²) in [7, 11) is 4.53. The smallest absolute Gasteiger partial charge is 0.410 e. The van der Waals surface area contributed by atoms with E-state index in [1.807, 2.05) is 18.2 Å². The van der Waals surface area contributed by atoms with E-state index in [1.165, 1.54) is 48.3 Å². The van der Waals surface area contributed by atoms with Crippen LogP contribution in [0.15, 0.2) is 59.5 Å². The molecule has 2 heterocycles. The van der Waals surface area contributed by atoms with E-state index in [0.717, 1.165) is 23.0 Å². The highest BCUT2D eigenvalue weighted by Gasteiger charge is 2.24. The van der Waals surface area contributed by atoms with Crippen molar-refractivity contribution < 1.29 is 19.1 Å². The number of aromatic amines is 1.